The number of fused-ring (bicyclic) bond motifs is 2. The number of hydrogen-bond donors (Lipinski definition) is 2. The maximum absolute atomic E-state index is 13.6. The van der Waals surface area contributed by atoms with E-state index in [1.165, 1.54) is 0 Å². The summed E-state index contributed by atoms with van der Waals surface area (Å²) in [5.74, 6) is 0.363. The number of phenolic OH excluding ortho intramolecular Hbond substituents is 1. The SMILES string of the molecule is COc1cc(C(=O)N2Cc3[nH]cnc3C(c3cccc(O)c3)C2)c2ccccc2n1. The summed E-state index contributed by atoms with van der Waals surface area (Å²) in [6, 6.07) is 16.3. The summed E-state index contributed by atoms with van der Waals surface area (Å²) in [5.41, 5.74) is 3.98. The molecule has 1 unspecified atom stereocenters. The molecule has 1 amide bonds. The number of amides is 1. The van der Waals surface area contributed by atoms with E-state index in [1.807, 2.05) is 30.3 Å². The van der Waals surface area contributed by atoms with Gasteiger partial charge in [0.05, 0.1) is 42.4 Å². The molecule has 0 radical (unpaired) electrons. The summed E-state index contributed by atoms with van der Waals surface area (Å²) >= 11 is 0. The standard InChI is InChI=1S/C23H20N4O3/c1-30-21-10-17(16-7-2-3-8-19(16)26-21)23(29)27-11-18(14-5-4-6-15(28)9-14)22-20(12-27)24-13-25-22/h2-10,13,18,28H,11-12H2,1H3,(H,24,25). The average molecular weight is 400 g/mol. The van der Waals surface area contributed by atoms with E-state index in [4.69, 9.17) is 4.74 Å². The minimum Gasteiger partial charge on any atom is -0.508 e. The van der Waals surface area contributed by atoms with Gasteiger partial charge in [0, 0.05) is 23.9 Å². The Morgan fingerprint density at radius 3 is 2.90 bits per heavy atom. The van der Waals surface area contributed by atoms with Crippen LogP contribution in [-0.2, 0) is 6.54 Å². The third-order valence-corrected chi connectivity index (χ3v) is 5.53. The Bertz CT molecular complexity index is 1250. The first-order valence-electron chi connectivity index (χ1n) is 9.68. The number of ether oxygens (including phenoxy) is 1. The van der Waals surface area contributed by atoms with Crippen LogP contribution in [0.5, 0.6) is 11.6 Å². The van der Waals surface area contributed by atoms with Crippen LogP contribution in [0.3, 0.4) is 0 Å². The molecular formula is C23H20N4O3. The van der Waals surface area contributed by atoms with Crippen molar-refractivity contribution in [3.8, 4) is 11.6 Å². The van der Waals surface area contributed by atoms with Crippen LogP contribution in [-0.4, -0.2) is 44.5 Å². The molecule has 1 atom stereocenters. The number of aromatic hydroxyl groups is 1. The highest BCUT2D eigenvalue weighted by molar-refractivity contribution is 6.06. The topological polar surface area (TPSA) is 91.3 Å². The van der Waals surface area contributed by atoms with E-state index in [9.17, 15) is 9.90 Å². The molecule has 2 N–H and O–H groups in total. The average Bonchev–Trinajstić information content (AvgIpc) is 3.26. The van der Waals surface area contributed by atoms with E-state index in [1.54, 1.807) is 42.6 Å². The molecule has 0 fully saturated rings. The number of phenols is 1. The van der Waals surface area contributed by atoms with Gasteiger partial charge in [-0.05, 0) is 23.8 Å². The Labute approximate surface area is 173 Å². The van der Waals surface area contributed by atoms with E-state index < -0.39 is 0 Å². The molecule has 0 bridgehead atoms. The van der Waals surface area contributed by atoms with Crippen molar-refractivity contribution in [2.24, 2.45) is 0 Å². The highest BCUT2D eigenvalue weighted by Gasteiger charge is 2.32. The van der Waals surface area contributed by atoms with Crippen molar-refractivity contribution in [1.82, 2.24) is 19.9 Å². The van der Waals surface area contributed by atoms with Crippen molar-refractivity contribution in [2.45, 2.75) is 12.5 Å². The Morgan fingerprint density at radius 2 is 2.07 bits per heavy atom. The normalized spacial score (nSPS) is 15.8. The molecular weight excluding hydrogens is 380 g/mol. The van der Waals surface area contributed by atoms with E-state index in [2.05, 4.69) is 15.0 Å². The number of carbonyl (C=O) groups is 1. The molecule has 30 heavy (non-hydrogen) atoms. The van der Waals surface area contributed by atoms with Gasteiger partial charge in [-0.3, -0.25) is 4.79 Å². The highest BCUT2D eigenvalue weighted by atomic mass is 16.5. The number of imidazole rings is 1. The summed E-state index contributed by atoms with van der Waals surface area (Å²) in [6.45, 7) is 0.890. The number of pyridine rings is 1. The van der Waals surface area contributed by atoms with Gasteiger partial charge in [-0.2, -0.15) is 0 Å². The maximum Gasteiger partial charge on any atom is 0.255 e. The lowest BCUT2D eigenvalue weighted by Crippen LogP contribution is -2.38. The summed E-state index contributed by atoms with van der Waals surface area (Å²) in [7, 11) is 1.54. The van der Waals surface area contributed by atoms with Crippen LogP contribution in [0.15, 0.2) is 60.9 Å². The third-order valence-electron chi connectivity index (χ3n) is 5.53. The number of nitrogens with one attached hydrogen (secondary N) is 1. The predicted octanol–water partition coefficient (Wildman–Crippen LogP) is 3.46. The highest BCUT2D eigenvalue weighted by Crippen LogP contribution is 2.34. The number of methoxy groups -OCH3 is 1. The molecule has 3 heterocycles. The first kappa shape index (κ1) is 18.2. The smallest absolute Gasteiger partial charge is 0.255 e. The Hall–Kier alpha value is -3.87. The number of para-hydroxylation sites is 1. The third kappa shape index (κ3) is 3.04. The van der Waals surface area contributed by atoms with Gasteiger partial charge in [0.25, 0.3) is 5.91 Å². The van der Waals surface area contributed by atoms with Crippen molar-refractivity contribution in [3.63, 3.8) is 0 Å². The fourth-order valence-electron chi connectivity index (χ4n) is 4.08. The first-order valence-corrected chi connectivity index (χ1v) is 9.68. The largest absolute Gasteiger partial charge is 0.508 e. The maximum atomic E-state index is 13.6. The van der Waals surface area contributed by atoms with Crippen molar-refractivity contribution in [2.75, 3.05) is 13.7 Å². The molecule has 4 aromatic rings. The van der Waals surface area contributed by atoms with Crippen LogP contribution in [0.2, 0.25) is 0 Å². The fraction of sp³-hybridized carbons (Fsp3) is 0.174. The summed E-state index contributed by atoms with van der Waals surface area (Å²) in [5, 5.41) is 10.7. The van der Waals surface area contributed by atoms with Crippen LogP contribution in [0.25, 0.3) is 10.9 Å². The van der Waals surface area contributed by atoms with Gasteiger partial charge in [-0.15, -0.1) is 0 Å². The number of carbonyl (C=O) groups excluding carboxylic acids is 1. The van der Waals surface area contributed by atoms with Crippen molar-refractivity contribution < 1.29 is 14.6 Å². The minimum atomic E-state index is -0.133. The van der Waals surface area contributed by atoms with E-state index in [0.717, 1.165) is 22.3 Å². The van der Waals surface area contributed by atoms with Crippen molar-refractivity contribution in [1.29, 1.82) is 0 Å². The number of aromatic amines is 1. The second kappa shape index (κ2) is 7.18. The van der Waals surface area contributed by atoms with Crippen LogP contribution in [0.4, 0.5) is 0 Å². The van der Waals surface area contributed by atoms with E-state index >= 15 is 0 Å². The molecule has 0 saturated heterocycles. The number of H-pyrrole nitrogens is 1. The van der Waals surface area contributed by atoms with Crippen molar-refractivity contribution >= 4 is 16.8 Å². The monoisotopic (exact) mass is 400 g/mol. The number of hydrogen-bond acceptors (Lipinski definition) is 5. The lowest BCUT2D eigenvalue weighted by molar-refractivity contribution is 0.0723. The zero-order valence-corrected chi connectivity index (χ0v) is 16.4. The lowest BCUT2D eigenvalue weighted by atomic mass is 9.90. The van der Waals surface area contributed by atoms with Gasteiger partial charge in [0.2, 0.25) is 5.88 Å². The molecule has 7 nitrogen and oxygen atoms in total. The van der Waals surface area contributed by atoms with Gasteiger partial charge in [0.1, 0.15) is 5.75 Å². The van der Waals surface area contributed by atoms with Gasteiger partial charge in [0.15, 0.2) is 0 Å². The molecule has 0 aliphatic carbocycles. The summed E-state index contributed by atoms with van der Waals surface area (Å²) < 4.78 is 5.32. The second-order valence-corrected chi connectivity index (χ2v) is 7.33. The minimum absolute atomic E-state index is 0.0997. The molecule has 7 heteroatoms. The van der Waals surface area contributed by atoms with Crippen LogP contribution < -0.4 is 4.74 Å². The number of benzene rings is 2. The Kier molecular flexibility index (Phi) is 4.35. The first-order chi connectivity index (χ1) is 14.6. The molecule has 150 valence electrons. The Morgan fingerprint density at radius 1 is 1.20 bits per heavy atom. The number of rotatable bonds is 3. The lowest BCUT2D eigenvalue weighted by Gasteiger charge is -2.32. The summed E-state index contributed by atoms with van der Waals surface area (Å²) in [6.07, 6.45) is 1.65. The van der Waals surface area contributed by atoms with Crippen LogP contribution in [0.1, 0.15) is 33.2 Å². The summed E-state index contributed by atoms with van der Waals surface area (Å²) in [4.78, 5) is 27.5. The molecule has 0 spiro atoms. The molecule has 2 aromatic heterocycles. The molecule has 1 aliphatic heterocycles. The zero-order chi connectivity index (χ0) is 20.7. The number of nitrogens with zero attached hydrogens (tertiary/aromatic N) is 3. The van der Waals surface area contributed by atoms with Gasteiger partial charge in [-0.25, -0.2) is 9.97 Å². The number of aromatic nitrogens is 3. The fourth-order valence-corrected chi connectivity index (χ4v) is 4.08. The predicted molar refractivity (Wildman–Crippen MR) is 112 cm³/mol. The van der Waals surface area contributed by atoms with Gasteiger partial charge >= 0.3 is 0 Å². The van der Waals surface area contributed by atoms with E-state index in [-0.39, 0.29) is 17.6 Å². The quantitative estimate of drug-likeness (QED) is 0.550. The van der Waals surface area contributed by atoms with Gasteiger partial charge < -0.3 is 19.7 Å². The van der Waals surface area contributed by atoms with Crippen LogP contribution >= 0.6 is 0 Å². The van der Waals surface area contributed by atoms with Crippen molar-refractivity contribution in [3.05, 3.63) is 83.4 Å². The Balaban J connectivity index is 1.57. The second-order valence-electron chi connectivity index (χ2n) is 7.33. The van der Waals surface area contributed by atoms with Gasteiger partial charge in [-0.1, -0.05) is 30.3 Å². The van der Waals surface area contributed by atoms with E-state index in [0.29, 0.717) is 30.0 Å². The zero-order valence-electron chi connectivity index (χ0n) is 16.4. The molecule has 5 rings (SSSR count). The molecule has 2 aromatic carbocycles. The molecule has 0 saturated carbocycles. The molecule has 1 aliphatic rings. The van der Waals surface area contributed by atoms with Crippen LogP contribution in [0, 0.1) is 0 Å².